The summed E-state index contributed by atoms with van der Waals surface area (Å²) in [6, 6.07) is 9.81. The van der Waals surface area contributed by atoms with Gasteiger partial charge in [-0.25, -0.2) is 0 Å². The van der Waals surface area contributed by atoms with Gasteiger partial charge in [0.25, 0.3) is 0 Å². The number of ether oxygens (including phenoxy) is 2. The fraction of sp³-hybridized carbons (Fsp3) is 0.278. The van der Waals surface area contributed by atoms with Crippen molar-refractivity contribution in [2.75, 3.05) is 18.5 Å². The van der Waals surface area contributed by atoms with E-state index < -0.39 is 0 Å². The average Bonchev–Trinajstić information content (AvgIpc) is 3.18. The molecule has 2 aliphatic heterocycles. The van der Waals surface area contributed by atoms with E-state index in [4.69, 9.17) is 9.47 Å². The molecule has 2 heterocycles. The van der Waals surface area contributed by atoms with Gasteiger partial charge in [-0.15, -0.1) is 0 Å². The molecule has 1 N–H and O–H groups in total. The summed E-state index contributed by atoms with van der Waals surface area (Å²) in [6.45, 7) is 1.32. The van der Waals surface area contributed by atoms with Crippen LogP contribution in [0, 0.1) is 0 Å². The highest BCUT2D eigenvalue weighted by Crippen LogP contribution is 2.44. The van der Waals surface area contributed by atoms with Gasteiger partial charge >= 0.3 is 0 Å². The highest BCUT2D eigenvalue weighted by atomic mass is 79.9. The van der Waals surface area contributed by atoms with Gasteiger partial charge in [0, 0.05) is 28.4 Å². The van der Waals surface area contributed by atoms with Crippen molar-refractivity contribution in [2.24, 2.45) is 0 Å². The Morgan fingerprint density at radius 3 is 2.87 bits per heavy atom. The minimum absolute atomic E-state index is 0.0464. The van der Waals surface area contributed by atoms with Gasteiger partial charge in [0.1, 0.15) is 11.5 Å². The number of amides is 1. The Balaban J connectivity index is 1.62. The van der Waals surface area contributed by atoms with Crippen molar-refractivity contribution < 1.29 is 14.3 Å². The van der Waals surface area contributed by atoms with Crippen LogP contribution in [-0.4, -0.2) is 19.1 Å². The fourth-order valence-electron chi connectivity index (χ4n) is 3.12. The zero-order chi connectivity index (χ0) is 15.8. The van der Waals surface area contributed by atoms with Gasteiger partial charge in [-0.3, -0.25) is 4.79 Å². The molecule has 23 heavy (non-hydrogen) atoms. The summed E-state index contributed by atoms with van der Waals surface area (Å²) in [7, 11) is 0. The first-order valence-electron chi connectivity index (χ1n) is 7.70. The van der Waals surface area contributed by atoms with Crippen molar-refractivity contribution in [1.82, 2.24) is 0 Å². The van der Waals surface area contributed by atoms with E-state index in [1.165, 1.54) is 0 Å². The molecule has 0 aliphatic carbocycles. The second kappa shape index (κ2) is 5.89. The molecule has 0 aromatic heterocycles. The number of hydrogen-bond donors (Lipinski definition) is 1. The van der Waals surface area contributed by atoms with Crippen molar-refractivity contribution in [2.45, 2.75) is 19.3 Å². The molecule has 118 valence electrons. The van der Waals surface area contributed by atoms with Crippen molar-refractivity contribution in [1.29, 1.82) is 0 Å². The molecular formula is C18H16BrNO3. The maximum absolute atomic E-state index is 12.5. The molecule has 0 spiro atoms. The summed E-state index contributed by atoms with van der Waals surface area (Å²) < 4.78 is 12.4. The molecule has 1 amide bonds. The van der Waals surface area contributed by atoms with Gasteiger partial charge in [0.05, 0.1) is 25.3 Å². The Labute approximate surface area is 142 Å². The molecule has 4 rings (SSSR count). The SMILES string of the molecule is O=C(Cc1ccccc1Br)Nc1c2c(cc3c1OCC3)OCC2. The Morgan fingerprint density at radius 1 is 1.17 bits per heavy atom. The lowest BCUT2D eigenvalue weighted by atomic mass is 10.0. The minimum Gasteiger partial charge on any atom is -0.493 e. The Hall–Kier alpha value is -2.01. The van der Waals surface area contributed by atoms with Crippen molar-refractivity contribution in [3.63, 3.8) is 0 Å². The molecule has 0 saturated carbocycles. The predicted octanol–water partition coefficient (Wildman–Crippen LogP) is 3.50. The molecule has 0 bridgehead atoms. The number of nitrogens with one attached hydrogen (secondary N) is 1. The van der Waals surface area contributed by atoms with E-state index in [1.54, 1.807) is 0 Å². The second-order valence-corrected chi connectivity index (χ2v) is 6.58. The zero-order valence-electron chi connectivity index (χ0n) is 12.5. The van der Waals surface area contributed by atoms with E-state index in [2.05, 4.69) is 21.2 Å². The van der Waals surface area contributed by atoms with E-state index in [0.29, 0.717) is 19.6 Å². The van der Waals surface area contributed by atoms with E-state index in [1.807, 2.05) is 30.3 Å². The van der Waals surface area contributed by atoms with Gasteiger partial charge in [-0.05, 0) is 17.7 Å². The molecule has 2 aromatic rings. The topological polar surface area (TPSA) is 47.6 Å². The van der Waals surface area contributed by atoms with E-state index >= 15 is 0 Å². The third-order valence-electron chi connectivity index (χ3n) is 4.22. The van der Waals surface area contributed by atoms with Gasteiger partial charge in [-0.2, -0.15) is 0 Å². The summed E-state index contributed by atoms with van der Waals surface area (Å²) in [4.78, 5) is 12.5. The largest absolute Gasteiger partial charge is 0.493 e. The summed E-state index contributed by atoms with van der Waals surface area (Å²) in [5.74, 6) is 1.65. The maximum atomic E-state index is 12.5. The van der Waals surface area contributed by atoms with Crippen LogP contribution >= 0.6 is 15.9 Å². The molecule has 0 saturated heterocycles. The van der Waals surface area contributed by atoms with Crippen LogP contribution < -0.4 is 14.8 Å². The third kappa shape index (κ3) is 2.70. The van der Waals surface area contributed by atoms with Crippen LogP contribution in [0.25, 0.3) is 0 Å². The van der Waals surface area contributed by atoms with Gasteiger partial charge in [0.2, 0.25) is 5.91 Å². The summed E-state index contributed by atoms with van der Waals surface area (Å²) in [5.41, 5.74) is 3.92. The van der Waals surface area contributed by atoms with Crippen LogP contribution in [-0.2, 0) is 24.1 Å². The number of carbonyl (C=O) groups excluding carboxylic acids is 1. The lowest BCUT2D eigenvalue weighted by Gasteiger charge is -2.14. The maximum Gasteiger partial charge on any atom is 0.228 e. The van der Waals surface area contributed by atoms with Crippen molar-refractivity contribution >= 4 is 27.5 Å². The van der Waals surface area contributed by atoms with Crippen LogP contribution in [0.2, 0.25) is 0 Å². The average molecular weight is 374 g/mol. The Bertz CT molecular complexity index is 756. The quantitative estimate of drug-likeness (QED) is 0.895. The first kappa shape index (κ1) is 14.6. The van der Waals surface area contributed by atoms with Gasteiger partial charge in [0.15, 0.2) is 0 Å². The number of halogens is 1. The zero-order valence-corrected chi connectivity index (χ0v) is 14.1. The molecule has 5 heteroatoms. The summed E-state index contributed by atoms with van der Waals surface area (Å²) >= 11 is 3.49. The Morgan fingerprint density at radius 2 is 2.00 bits per heavy atom. The number of rotatable bonds is 3. The number of anilines is 1. The minimum atomic E-state index is -0.0464. The summed E-state index contributed by atoms with van der Waals surface area (Å²) in [5, 5.41) is 3.05. The highest BCUT2D eigenvalue weighted by molar-refractivity contribution is 9.10. The number of carbonyl (C=O) groups is 1. The lowest BCUT2D eigenvalue weighted by molar-refractivity contribution is -0.115. The van der Waals surface area contributed by atoms with Crippen LogP contribution in [0.4, 0.5) is 5.69 Å². The number of fused-ring (bicyclic) bond motifs is 2. The van der Waals surface area contributed by atoms with Gasteiger partial charge < -0.3 is 14.8 Å². The fourth-order valence-corrected chi connectivity index (χ4v) is 3.54. The monoisotopic (exact) mass is 373 g/mol. The molecule has 2 aliphatic rings. The third-order valence-corrected chi connectivity index (χ3v) is 5.00. The molecule has 0 fully saturated rings. The Kier molecular flexibility index (Phi) is 3.73. The molecule has 0 unspecified atom stereocenters. The van der Waals surface area contributed by atoms with E-state index in [-0.39, 0.29) is 5.91 Å². The van der Waals surface area contributed by atoms with E-state index in [0.717, 1.165) is 51.2 Å². The van der Waals surface area contributed by atoms with Crippen LogP contribution in [0.15, 0.2) is 34.8 Å². The smallest absolute Gasteiger partial charge is 0.228 e. The molecule has 0 radical (unpaired) electrons. The van der Waals surface area contributed by atoms with Gasteiger partial charge in [-0.1, -0.05) is 34.1 Å². The van der Waals surface area contributed by atoms with Crippen LogP contribution in [0.1, 0.15) is 16.7 Å². The molecular weight excluding hydrogens is 358 g/mol. The predicted molar refractivity (Wildman–Crippen MR) is 91.3 cm³/mol. The second-order valence-electron chi connectivity index (χ2n) is 5.73. The first-order chi connectivity index (χ1) is 11.2. The summed E-state index contributed by atoms with van der Waals surface area (Å²) in [6.07, 6.45) is 1.98. The van der Waals surface area contributed by atoms with E-state index in [9.17, 15) is 4.79 Å². The normalized spacial score (nSPS) is 14.7. The molecule has 2 aromatic carbocycles. The molecule has 0 atom stereocenters. The highest BCUT2D eigenvalue weighted by Gasteiger charge is 2.27. The molecule has 4 nitrogen and oxygen atoms in total. The number of hydrogen-bond acceptors (Lipinski definition) is 3. The standard InChI is InChI=1S/C18H16BrNO3/c19-14-4-2-1-3-11(14)10-16(21)20-17-13-6-8-22-15(13)9-12-5-7-23-18(12)17/h1-4,9H,5-8,10H2,(H,20,21). The van der Waals surface area contributed by atoms with Crippen molar-refractivity contribution in [3.05, 3.63) is 51.5 Å². The van der Waals surface area contributed by atoms with Crippen LogP contribution in [0.3, 0.4) is 0 Å². The first-order valence-corrected chi connectivity index (χ1v) is 8.49. The van der Waals surface area contributed by atoms with Crippen molar-refractivity contribution in [3.8, 4) is 11.5 Å². The lowest BCUT2D eigenvalue weighted by Crippen LogP contribution is -2.16. The van der Waals surface area contributed by atoms with Crippen LogP contribution in [0.5, 0.6) is 11.5 Å². The number of benzene rings is 2.